The number of ether oxygens (including phenoxy) is 1. The number of hydrogen-bond donors (Lipinski definition) is 1. The molecular formula is C22H25ClN4O3S2. The Morgan fingerprint density at radius 1 is 1.25 bits per heavy atom. The average Bonchev–Trinajstić information content (AvgIpc) is 3.24. The van der Waals surface area contributed by atoms with Gasteiger partial charge in [-0.05, 0) is 30.2 Å². The molecule has 1 fully saturated rings. The van der Waals surface area contributed by atoms with E-state index in [-0.39, 0.29) is 26.6 Å². The monoisotopic (exact) mass is 492 g/mol. The molecule has 1 aliphatic rings. The van der Waals surface area contributed by atoms with Crippen molar-refractivity contribution in [2.45, 2.75) is 37.8 Å². The van der Waals surface area contributed by atoms with Crippen molar-refractivity contribution < 1.29 is 13.2 Å². The summed E-state index contributed by atoms with van der Waals surface area (Å²) in [7, 11) is -3.80. The molecule has 2 aromatic carbocycles. The van der Waals surface area contributed by atoms with Gasteiger partial charge in [0, 0.05) is 36.6 Å². The first-order valence-corrected chi connectivity index (χ1v) is 12.9. The predicted molar refractivity (Wildman–Crippen MR) is 127 cm³/mol. The molecule has 0 aliphatic carbocycles. The SMILES string of the molecule is CC1(C)CN(Cc2ccccc2)CCC1Oc1ccc(S(=O)(=O)Nc2ncns2)cc1Cl. The third-order valence-corrected chi connectivity index (χ3v) is 7.87. The van der Waals surface area contributed by atoms with Gasteiger partial charge in [-0.25, -0.2) is 13.4 Å². The Morgan fingerprint density at radius 3 is 2.69 bits per heavy atom. The highest BCUT2D eigenvalue weighted by Gasteiger charge is 2.37. The molecule has 4 rings (SSSR count). The molecular weight excluding hydrogens is 468 g/mol. The Bertz CT molecular complexity index is 1160. The van der Waals surface area contributed by atoms with Crippen LogP contribution in [0.5, 0.6) is 5.75 Å². The molecule has 1 unspecified atom stereocenters. The highest BCUT2D eigenvalue weighted by atomic mass is 35.5. The number of nitrogens with one attached hydrogen (secondary N) is 1. The maximum atomic E-state index is 12.6. The Balaban J connectivity index is 1.42. The van der Waals surface area contributed by atoms with Crippen LogP contribution in [-0.2, 0) is 16.6 Å². The molecule has 0 bridgehead atoms. The van der Waals surface area contributed by atoms with Crippen molar-refractivity contribution in [1.82, 2.24) is 14.3 Å². The molecule has 3 aromatic rings. The summed E-state index contributed by atoms with van der Waals surface area (Å²) in [5.74, 6) is 0.483. The topological polar surface area (TPSA) is 84.4 Å². The van der Waals surface area contributed by atoms with Crippen LogP contribution in [0.1, 0.15) is 25.8 Å². The molecule has 7 nitrogen and oxygen atoms in total. The van der Waals surface area contributed by atoms with Crippen molar-refractivity contribution in [3.05, 3.63) is 65.4 Å². The van der Waals surface area contributed by atoms with Gasteiger partial charge in [-0.2, -0.15) is 4.37 Å². The van der Waals surface area contributed by atoms with Crippen LogP contribution in [0.15, 0.2) is 59.8 Å². The number of hydrogen-bond acceptors (Lipinski definition) is 7. The van der Waals surface area contributed by atoms with Crippen LogP contribution in [-0.4, -0.2) is 41.9 Å². The van der Waals surface area contributed by atoms with Crippen LogP contribution in [0.3, 0.4) is 0 Å². The first-order chi connectivity index (χ1) is 15.2. The summed E-state index contributed by atoms with van der Waals surface area (Å²) in [5, 5.41) is 0.457. The van der Waals surface area contributed by atoms with E-state index in [2.05, 4.69) is 57.1 Å². The van der Waals surface area contributed by atoms with Crippen LogP contribution in [0.25, 0.3) is 0 Å². The molecule has 0 amide bonds. The lowest BCUT2D eigenvalue weighted by Crippen LogP contribution is -2.50. The molecule has 0 spiro atoms. The number of piperidine rings is 1. The van der Waals surface area contributed by atoms with Gasteiger partial charge in [0.25, 0.3) is 10.0 Å². The Morgan fingerprint density at radius 2 is 2.03 bits per heavy atom. The molecule has 2 heterocycles. The van der Waals surface area contributed by atoms with Crippen molar-refractivity contribution in [1.29, 1.82) is 0 Å². The van der Waals surface area contributed by atoms with Crippen LogP contribution >= 0.6 is 23.1 Å². The second-order valence-electron chi connectivity index (χ2n) is 8.52. The lowest BCUT2D eigenvalue weighted by molar-refractivity contribution is -0.0112. The maximum Gasteiger partial charge on any atom is 0.263 e. The lowest BCUT2D eigenvalue weighted by atomic mass is 9.81. The van der Waals surface area contributed by atoms with Gasteiger partial charge in [0.05, 0.1) is 9.92 Å². The van der Waals surface area contributed by atoms with Crippen LogP contribution in [0, 0.1) is 5.41 Å². The van der Waals surface area contributed by atoms with Crippen LogP contribution in [0.4, 0.5) is 5.13 Å². The smallest absolute Gasteiger partial charge is 0.263 e. The molecule has 1 saturated heterocycles. The number of likely N-dealkylation sites (tertiary alicyclic amines) is 1. The van der Waals surface area contributed by atoms with Gasteiger partial charge in [-0.3, -0.25) is 9.62 Å². The van der Waals surface area contributed by atoms with E-state index in [0.29, 0.717) is 5.75 Å². The highest BCUT2D eigenvalue weighted by Crippen LogP contribution is 2.36. The van der Waals surface area contributed by atoms with Gasteiger partial charge in [0.15, 0.2) is 0 Å². The summed E-state index contributed by atoms with van der Waals surface area (Å²) in [5.41, 5.74) is 1.20. The Hall–Kier alpha value is -2.20. The van der Waals surface area contributed by atoms with Gasteiger partial charge in [-0.15, -0.1) is 0 Å². The van der Waals surface area contributed by atoms with Gasteiger partial charge in [0.1, 0.15) is 18.2 Å². The number of halogens is 1. The fraction of sp³-hybridized carbons (Fsp3) is 0.364. The molecule has 0 radical (unpaired) electrons. The molecule has 1 aliphatic heterocycles. The number of nitrogens with zero attached hydrogens (tertiary/aromatic N) is 3. The zero-order valence-electron chi connectivity index (χ0n) is 17.9. The van der Waals surface area contributed by atoms with E-state index in [0.717, 1.165) is 37.6 Å². The van der Waals surface area contributed by atoms with E-state index >= 15 is 0 Å². The second kappa shape index (κ2) is 9.35. The first kappa shape index (κ1) is 23.0. The third kappa shape index (κ3) is 5.40. The van der Waals surface area contributed by atoms with Gasteiger partial charge in [-0.1, -0.05) is 55.8 Å². The van der Waals surface area contributed by atoms with E-state index in [1.54, 1.807) is 6.07 Å². The fourth-order valence-corrected chi connectivity index (χ4v) is 5.91. The lowest BCUT2D eigenvalue weighted by Gasteiger charge is -2.44. The zero-order chi connectivity index (χ0) is 22.8. The minimum atomic E-state index is -3.80. The molecule has 0 saturated carbocycles. The number of aromatic nitrogens is 2. The average molecular weight is 493 g/mol. The molecule has 170 valence electrons. The van der Waals surface area contributed by atoms with Crippen molar-refractivity contribution in [3.8, 4) is 5.75 Å². The standard InChI is InChI=1S/C22H25ClN4O3S2/c1-22(2)14-27(13-16-6-4-3-5-7-16)11-10-20(22)30-19-9-8-17(12-18(19)23)32(28,29)26-21-24-15-25-31-21/h3-9,12,15,20H,10-11,13-14H2,1-2H3,(H,24,25,26). The Labute approximate surface area is 197 Å². The van der Waals surface area contributed by atoms with Gasteiger partial charge < -0.3 is 4.74 Å². The van der Waals surface area contributed by atoms with E-state index in [9.17, 15) is 8.42 Å². The van der Waals surface area contributed by atoms with E-state index in [1.807, 2.05) is 6.07 Å². The maximum absolute atomic E-state index is 12.6. The molecule has 10 heteroatoms. The van der Waals surface area contributed by atoms with Crippen molar-refractivity contribution in [2.75, 3.05) is 17.8 Å². The highest BCUT2D eigenvalue weighted by molar-refractivity contribution is 7.93. The summed E-state index contributed by atoms with van der Waals surface area (Å²) in [6, 6.07) is 14.9. The minimum absolute atomic E-state index is 0.0333. The van der Waals surface area contributed by atoms with Gasteiger partial charge in [0.2, 0.25) is 5.13 Å². The summed E-state index contributed by atoms with van der Waals surface area (Å²) in [6.45, 7) is 7.09. The van der Waals surface area contributed by atoms with Gasteiger partial charge >= 0.3 is 0 Å². The molecule has 1 aromatic heterocycles. The number of benzene rings is 2. The first-order valence-electron chi connectivity index (χ1n) is 10.2. The second-order valence-corrected chi connectivity index (χ2v) is 11.4. The summed E-state index contributed by atoms with van der Waals surface area (Å²) >= 11 is 7.37. The number of sulfonamides is 1. The predicted octanol–water partition coefficient (Wildman–Crippen LogP) is 4.67. The number of anilines is 1. The molecule has 1 N–H and O–H groups in total. The number of rotatable bonds is 7. The van der Waals surface area contributed by atoms with Crippen molar-refractivity contribution in [3.63, 3.8) is 0 Å². The third-order valence-electron chi connectivity index (χ3n) is 5.53. The van der Waals surface area contributed by atoms with E-state index in [4.69, 9.17) is 16.3 Å². The van der Waals surface area contributed by atoms with E-state index in [1.165, 1.54) is 24.0 Å². The van der Waals surface area contributed by atoms with E-state index < -0.39 is 10.0 Å². The molecule has 32 heavy (non-hydrogen) atoms. The quantitative estimate of drug-likeness (QED) is 0.516. The zero-order valence-corrected chi connectivity index (χ0v) is 20.3. The Kier molecular flexibility index (Phi) is 6.71. The normalized spacial score (nSPS) is 18.9. The summed E-state index contributed by atoms with van der Waals surface area (Å²) in [6.07, 6.45) is 2.11. The van der Waals surface area contributed by atoms with Crippen molar-refractivity contribution >= 4 is 38.3 Å². The van der Waals surface area contributed by atoms with Crippen LogP contribution < -0.4 is 9.46 Å². The molecule has 1 atom stereocenters. The van der Waals surface area contributed by atoms with Crippen LogP contribution in [0.2, 0.25) is 5.02 Å². The van der Waals surface area contributed by atoms with Crippen molar-refractivity contribution in [2.24, 2.45) is 5.41 Å². The summed E-state index contributed by atoms with van der Waals surface area (Å²) < 4.78 is 37.6. The fourth-order valence-electron chi connectivity index (χ4n) is 3.93. The minimum Gasteiger partial charge on any atom is -0.488 e. The summed E-state index contributed by atoms with van der Waals surface area (Å²) in [4.78, 5) is 6.33. The largest absolute Gasteiger partial charge is 0.488 e.